The zero-order valence-corrected chi connectivity index (χ0v) is 12.6. The molecule has 0 N–H and O–H groups in total. The third-order valence-corrected chi connectivity index (χ3v) is 4.63. The Bertz CT molecular complexity index is 367. The summed E-state index contributed by atoms with van der Waals surface area (Å²) in [5, 5.41) is 0. The molecule has 2 heterocycles. The second-order valence-corrected chi connectivity index (χ2v) is 6.08. The molecule has 2 fully saturated rings. The molecule has 0 aromatic heterocycles. The fourth-order valence-electron chi connectivity index (χ4n) is 3.68. The van der Waals surface area contributed by atoms with Gasteiger partial charge in [-0.2, -0.15) is 0 Å². The van der Waals surface area contributed by atoms with Crippen LogP contribution in [0.4, 0.5) is 0 Å². The summed E-state index contributed by atoms with van der Waals surface area (Å²) in [7, 11) is 0. The van der Waals surface area contributed by atoms with E-state index in [0.717, 1.165) is 32.2 Å². The minimum atomic E-state index is -0.241. The lowest BCUT2D eigenvalue weighted by Crippen LogP contribution is -2.65. The number of piperazine rings is 1. The molecular formula is C15H26N2O2. The molecule has 0 spiro atoms. The second-order valence-electron chi connectivity index (χ2n) is 6.08. The normalized spacial score (nSPS) is 29.1. The van der Waals surface area contributed by atoms with Gasteiger partial charge in [0.15, 0.2) is 0 Å². The van der Waals surface area contributed by atoms with Crippen molar-refractivity contribution in [1.29, 1.82) is 0 Å². The van der Waals surface area contributed by atoms with Crippen LogP contribution < -0.4 is 0 Å². The summed E-state index contributed by atoms with van der Waals surface area (Å²) in [6, 6.07) is -0.235. The van der Waals surface area contributed by atoms with Gasteiger partial charge in [0.25, 0.3) is 0 Å². The first kappa shape index (κ1) is 14.4. The van der Waals surface area contributed by atoms with Crippen LogP contribution in [0, 0.1) is 5.92 Å². The summed E-state index contributed by atoms with van der Waals surface area (Å²) in [5.74, 6) is 0.747. The van der Waals surface area contributed by atoms with E-state index in [2.05, 4.69) is 20.8 Å². The topological polar surface area (TPSA) is 40.6 Å². The molecule has 108 valence electrons. The van der Waals surface area contributed by atoms with Crippen molar-refractivity contribution < 1.29 is 9.59 Å². The fourth-order valence-corrected chi connectivity index (χ4v) is 3.68. The molecule has 3 unspecified atom stereocenters. The second kappa shape index (κ2) is 5.51. The van der Waals surface area contributed by atoms with Crippen molar-refractivity contribution in [3.8, 4) is 0 Å². The number of carbonyl (C=O) groups excluding carboxylic acids is 2. The third-order valence-electron chi connectivity index (χ3n) is 4.63. The van der Waals surface area contributed by atoms with Crippen molar-refractivity contribution in [3.63, 3.8) is 0 Å². The highest BCUT2D eigenvalue weighted by atomic mass is 16.2. The zero-order chi connectivity index (χ0) is 14.2. The number of carbonyl (C=O) groups is 2. The van der Waals surface area contributed by atoms with Crippen molar-refractivity contribution in [2.75, 3.05) is 6.54 Å². The van der Waals surface area contributed by atoms with Crippen molar-refractivity contribution in [3.05, 3.63) is 0 Å². The molecule has 0 aromatic rings. The molecule has 2 saturated heterocycles. The van der Waals surface area contributed by atoms with Gasteiger partial charge in [-0.1, -0.05) is 27.7 Å². The Balaban J connectivity index is 2.33. The Morgan fingerprint density at radius 2 is 1.89 bits per heavy atom. The Kier molecular flexibility index (Phi) is 4.16. The highest BCUT2D eigenvalue weighted by molar-refractivity contribution is 5.97. The van der Waals surface area contributed by atoms with Crippen LogP contribution in [-0.4, -0.2) is 46.3 Å². The number of hydrogen-bond donors (Lipinski definition) is 0. The Labute approximate surface area is 116 Å². The van der Waals surface area contributed by atoms with Crippen LogP contribution in [0.5, 0.6) is 0 Å². The molecule has 2 rings (SSSR count). The van der Waals surface area contributed by atoms with E-state index in [4.69, 9.17) is 0 Å². The molecule has 2 amide bonds. The molecule has 0 radical (unpaired) electrons. The van der Waals surface area contributed by atoms with E-state index >= 15 is 0 Å². The molecule has 0 aromatic carbocycles. The largest absolute Gasteiger partial charge is 0.329 e. The Morgan fingerprint density at radius 3 is 2.42 bits per heavy atom. The summed E-state index contributed by atoms with van der Waals surface area (Å²) in [6.45, 7) is 9.15. The van der Waals surface area contributed by atoms with Crippen LogP contribution in [0.1, 0.15) is 53.4 Å². The van der Waals surface area contributed by atoms with Crippen molar-refractivity contribution in [1.82, 2.24) is 9.80 Å². The van der Waals surface area contributed by atoms with Crippen LogP contribution in [-0.2, 0) is 9.59 Å². The van der Waals surface area contributed by atoms with Crippen LogP contribution in [0.15, 0.2) is 0 Å². The van der Waals surface area contributed by atoms with E-state index in [1.54, 1.807) is 0 Å². The molecule has 3 atom stereocenters. The maximum atomic E-state index is 12.8. The van der Waals surface area contributed by atoms with E-state index in [-0.39, 0.29) is 29.9 Å². The predicted octanol–water partition coefficient (Wildman–Crippen LogP) is 2.03. The van der Waals surface area contributed by atoms with E-state index in [1.165, 1.54) is 0 Å². The first-order valence-electron chi connectivity index (χ1n) is 7.65. The fraction of sp³-hybridized carbons (Fsp3) is 0.867. The molecule has 19 heavy (non-hydrogen) atoms. The number of rotatable bonds is 4. The first-order valence-corrected chi connectivity index (χ1v) is 7.65. The number of nitrogens with zero attached hydrogens (tertiary/aromatic N) is 2. The van der Waals surface area contributed by atoms with E-state index in [1.807, 2.05) is 16.7 Å². The average Bonchev–Trinajstić information content (AvgIpc) is 2.85. The van der Waals surface area contributed by atoms with Gasteiger partial charge in [-0.05, 0) is 31.6 Å². The van der Waals surface area contributed by atoms with Gasteiger partial charge in [0.1, 0.15) is 12.1 Å². The van der Waals surface area contributed by atoms with Crippen molar-refractivity contribution in [2.45, 2.75) is 71.5 Å². The Morgan fingerprint density at radius 1 is 1.21 bits per heavy atom. The average molecular weight is 266 g/mol. The smallest absolute Gasteiger partial charge is 0.246 e. The van der Waals surface area contributed by atoms with Crippen LogP contribution in [0.2, 0.25) is 0 Å². The van der Waals surface area contributed by atoms with Crippen LogP contribution >= 0.6 is 0 Å². The molecule has 4 nitrogen and oxygen atoms in total. The van der Waals surface area contributed by atoms with Gasteiger partial charge in [0, 0.05) is 12.6 Å². The zero-order valence-electron chi connectivity index (χ0n) is 12.6. The van der Waals surface area contributed by atoms with Gasteiger partial charge < -0.3 is 9.80 Å². The maximum Gasteiger partial charge on any atom is 0.246 e. The lowest BCUT2D eigenvalue weighted by molar-refractivity contribution is -0.163. The van der Waals surface area contributed by atoms with Gasteiger partial charge >= 0.3 is 0 Å². The standard InChI is InChI=1S/C15H26N2O2/c1-5-11(10(3)4)17-12(6-2)14(18)16-9-7-8-13(16)15(17)19/h10-13H,5-9H2,1-4H3. The summed E-state index contributed by atoms with van der Waals surface area (Å²) in [6.07, 6.45) is 3.44. The lowest BCUT2D eigenvalue weighted by Gasteiger charge is -2.46. The van der Waals surface area contributed by atoms with Gasteiger partial charge in [0.2, 0.25) is 11.8 Å². The quantitative estimate of drug-likeness (QED) is 0.781. The van der Waals surface area contributed by atoms with E-state index in [0.29, 0.717) is 5.92 Å². The van der Waals surface area contributed by atoms with E-state index in [9.17, 15) is 9.59 Å². The van der Waals surface area contributed by atoms with Gasteiger partial charge in [0.05, 0.1) is 0 Å². The van der Waals surface area contributed by atoms with Crippen molar-refractivity contribution in [2.24, 2.45) is 5.92 Å². The highest BCUT2D eigenvalue weighted by Crippen LogP contribution is 2.31. The Hall–Kier alpha value is -1.06. The van der Waals surface area contributed by atoms with Crippen molar-refractivity contribution >= 4 is 11.8 Å². The summed E-state index contributed by atoms with van der Waals surface area (Å²) in [5.41, 5.74) is 0. The van der Waals surface area contributed by atoms with E-state index < -0.39 is 0 Å². The highest BCUT2D eigenvalue weighted by Gasteiger charge is 2.49. The summed E-state index contributed by atoms with van der Waals surface area (Å²) < 4.78 is 0. The van der Waals surface area contributed by atoms with Gasteiger partial charge in [-0.25, -0.2) is 0 Å². The molecular weight excluding hydrogens is 240 g/mol. The number of amides is 2. The monoisotopic (exact) mass is 266 g/mol. The van der Waals surface area contributed by atoms with Gasteiger partial charge in [-0.15, -0.1) is 0 Å². The summed E-state index contributed by atoms with van der Waals surface area (Å²) >= 11 is 0. The van der Waals surface area contributed by atoms with Crippen LogP contribution in [0.25, 0.3) is 0 Å². The molecule has 0 aliphatic carbocycles. The molecule has 2 aliphatic rings. The lowest BCUT2D eigenvalue weighted by atomic mass is 9.93. The molecule has 0 bridgehead atoms. The molecule has 4 heteroatoms. The maximum absolute atomic E-state index is 12.8. The first-order chi connectivity index (χ1) is 9.02. The molecule has 2 aliphatic heterocycles. The predicted molar refractivity (Wildman–Crippen MR) is 74.6 cm³/mol. The number of fused-ring (bicyclic) bond motifs is 1. The van der Waals surface area contributed by atoms with Crippen LogP contribution in [0.3, 0.4) is 0 Å². The number of hydrogen-bond acceptors (Lipinski definition) is 2. The SMILES string of the molecule is CCC1C(=O)N2CCCC2C(=O)N1C(CC)C(C)C. The minimum Gasteiger partial charge on any atom is -0.329 e. The third kappa shape index (κ3) is 2.26. The minimum absolute atomic E-state index is 0.170. The molecule has 0 saturated carbocycles. The summed E-state index contributed by atoms with van der Waals surface area (Å²) in [4.78, 5) is 29.1. The van der Waals surface area contributed by atoms with Gasteiger partial charge in [-0.3, -0.25) is 9.59 Å².